The van der Waals surface area contributed by atoms with Gasteiger partial charge in [0.15, 0.2) is 0 Å². The van der Waals surface area contributed by atoms with Gasteiger partial charge in [-0.25, -0.2) is 4.98 Å². The van der Waals surface area contributed by atoms with Crippen molar-refractivity contribution in [3.63, 3.8) is 0 Å². The highest BCUT2D eigenvalue weighted by molar-refractivity contribution is 5.81. The highest BCUT2D eigenvalue weighted by Gasteiger charge is 2.73. The number of aliphatic hydroxyl groups is 1. The van der Waals surface area contributed by atoms with E-state index in [2.05, 4.69) is 209 Å². The number of carbonyl (C=O) groups excluding carboxylic acids is 3. The number of carbonyl (C=O) groups is 3. The van der Waals surface area contributed by atoms with Gasteiger partial charge >= 0.3 is 17.9 Å². The van der Waals surface area contributed by atoms with E-state index in [0.717, 1.165) is 25.7 Å². The van der Waals surface area contributed by atoms with Crippen LogP contribution in [0, 0.1) is 83.7 Å². The first-order valence-electron chi connectivity index (χ1n) is 31.1. The number of rotatable bonds is 29. The van der Waals surface area contributed by atoms with Crippen molar-refractivity contribution < 1.29 is 38.4 Å². The SMILES string of the molecule is CCCCC(CC)COC(=O)C(C(C)(C)C(C)(C)C(c1ccc(C)cc1)C(C)(C)C)C(C)(C)C(C)(C)C(C)(C(=O)OCCO)C(C)(C)C(C)(C)C(n1ccnc1)C(C)(C)C(C)(C)C(C)(C(=O)OC(C)(C)CCOC(C)(C)C)C(C)(C)C. The standard InChI is InChI=1S/C71H126N2O8/c1-33-35-36-50(34-2)47-79-54(75)53(63(17,18)62(15,16)52(58(4,5)6)51-39-37-49(3)38-40-51)64(19,20)67(25,26)71(32,56(76)78-46-44-74)69(29,30)66(23,24)55(73-43-42-72-48-73)65(21,22)68(27,28)70(31,59(7,8)9)57(77)81-61(13,14)41-45-80-60(10,11)12/h37-40,42-43,48,50,52-53,55,74H,33-36,41,44-47H2,1-32H3. The van der Waals surface area contributed by atoms with E-state index < -0.39 is 83.1 Å². The molecule has 1 aromatic heterocycles. The second kappa shape index (κ2) is 25.4. The van der Waals surface area contributed by atoms with Crippen molar-refractivity contribution in [1.82, 2.24) is 9.55 Å². The summed E-state index contributed by atoms with van der Waals surface area (Å²) in [5.41, 5.74) is -9.07. The summed E-state index contributed by atoms with van der Waals surface area (Å²) in [7, 11) is 0. The highest BCUT2D eigenvalue weighted by Crippen LogP contribution is 2.74. The van der Waals surface area contributed by atoms with Gasteiger partial charge in [0.2, 0.25) is 0 Å². The van der Waals surface area contributed by atoms with E-state index in [1.54, 1.807) is 6.20 Å². The Morgan fingerprint density at radius 3 is 1.52 bits per heavy atom. The van der Waals surface area contributed by atoms with E-state index >= 15 is 14.4 Å². The van der Waals surface area contributed by atoms with Crippen LogP contribution in [0.2, 0.25) is 0 Å². The molecule has 2 rings (SSSR count). The van der Waals surface area contributed by atoms with Crippen LogP contribution in [-0.2, 0) is 33.3 Å². The minimum atomic E-state index is -1.42. The molecule has 81 heavy (non-hydrogen) atoms. The zero-order chi connectivity index (χ0) is 63.6. The molecule has 1 heterocycles. The number of aliphatic hydroxyl groups excluding tert-OH is 1. The normalized spacial score (nSPS) is 17.3. The van der Waals surface area contributed by atoms with Gasteiger partial charge in [0.05, 0.1) is 48.5 Å². The minimum Gasteiger partial charge on any atom is -0.465 e. The first-order valence-corrected chi connectivity index (χ1v) is 31.1. The Bertz CT molecular complexity index is 2340. The molecule has 0 radical (unpaired) electrons. The summed E-state index contributed by atoms with van der Waals surface area (Å²) >= 11 is 0. The second-order valence-corrected chi connectivity index (χ2v) is 33.3. The Labute approximate surface area is 497 Å². The summed E-state index contributed by atoms with van der Waals surface area (Å²) in [6.07, 6.45) is 10.2. The topological polar surface area (TPSA) is 126 Å². The number of esters is 3. The maximum atomic E-state index is 16.1. The van der Waals surface area contributed by atoms with Crippen LogP contribution < -0.4 is 0 Å². The molecule has 0 aliphatic heterocycles. The first kappa shape index (κ1) is 73.9. The van der Waals surface area contributed by atoms with Crippen LogP contribution >= 0.6 is 0 Å². The predicted octanol–water partition coefficient (Wildman–Crippen LogP) is 18.3. The Hall–Kier alpha value is -3.24. The van der Waals surface area contributed by atoms with Crippen LogP contribution in [0.4, 0.5) is 0 Å². The molecule has 1 N–H and O–H groups in total. The molecule has 0 amide bonds. The summed E-state index contributed by atoms with van der Waals surface area (Å²) in [5, 5.41) is 10.4. The fraction of sp³-hybridized carbons (Fsp3) is 0.831. The molecule has 2 aromatic rings. The number of unbranched alkanes of at least 4 members (excludes halogenated alkanes) is 1. The Morgan fingerprint density at radius 2 is 1.10 bits per heavy atom. The van der Waals surface area contributed by atoms with Gasteiger partial charge < -0.3 is 28.6 Å². The molecular weight excluding hydrogens is 1010 g/mol. The molecule has 0 aliphatic carbocycles. The molecule has 0 fully saturated rings. The third-order valence-electron chi connectivity index (χ3n) is 23.4. The number of hydrogen-bond donors (Lipinski definition) is 1. The van der Waals surface area contributed by atoms with Gasteiger partial charge in [-0.05, 0) is 133 Å². The lowest BCUT2D eigenvalue weighted by Gasteiger charge is -2.68. The quantitative estimate of drug-likeness (QED) is 0.0626. The fourth-order valence-electron chi connectivity index (χ4n) is 15.3. The van der Waals surface area contributed by atoms with Crippen LogP contribution in [0.15, 0.2) is 43.0 Å². The number of hydrogen-bond acceptors (Lipinski definition) is 9. The Morgan fingerprint density at radius 1 is 0.605 bits per heavy atom. The first-order chi connectivity index (χ1) is 36.2. The van der Waals surface area contributed by atoms with Crippen molar-refractivity contribution in [3.05, 3.63) is 54.1 Å². The van der Waals surface area contributed by atoms with Gasteiger partial charge in [-0.15, -0.1) is 0 Å². The maximum Gasteiger partial charge on any atom is 0.313 e. The molecule has 1 aromatic carbocycles. The maximum absolute atomic E-state index is 16.1. The smallest absolute Gasteiger partial charge is 0.313 e. The zero-order valence-corrected chi connectivity index (χ0v) is 58.4. The number of aromatic nitrogens is 2. The van der Waals surface area contributed by atoms with Crippen molar-refractivity contribution in [2.75, 3.05) is 26.4 Å². The summed E-state index contributed by atoms with van der Waals surface area (Å²) in [5.74, 6) is -1.57. The van der Waals surface area contributed by atoms with E-state index in [4.69, 9.17) is 23.9 Å². The monoisotopic (exact) mass is 1130 g/mol. The van der Waals surface area contributed by atoms with Crippen LogP contribution in [-0.4, -0.2) is 70.2 Å². The average molecular weight is 1140 g/mol. The van der Waals surface area contributed by atoms with Gasteiger partial charge in [-0.3, -0.25) is 14.4 Å². The van der Waals surface area contributed by atoms with E-state index in [9.17, 15) is 5.11 Å². The molecule has 0 saturated carbocycles. The number of benzene rings is 1. The molecule has 0 aliphatic rings. The molecule has 10 heteroatoms. The lowest BCUT2D eigenvalue weighted by Crippen LogP contribution is -2.68. The molecule has 6 unspecified atom stereocenters. The van der Waals surface area contributed by atoms with Crippen LogP contribution in [0.3, 0.4) is 0 Å². The van der Waals surface area contributed by atoms with Crippen molar-refractivity contribution in [2.24, 2.45) is 76.8 Å². The second-order valence-electron chi connectivity index (χ2n) is 33.3. The van der Waals surface area contributed by atoms with E-state index in [1.165, 1.54) is 11.1 Å². The molecular formula is C71H126N2O8. The lowest BCUT2D eigenvalue weighted by molar-refractivity contribution is -0.235. The summed E-state index contributed by atoms with van der Waals surface area (Å²) in [4.78, 5) is 52.4. The Kier molecular flexibility index (Phi) is 23.1. The molecule has 10 nitrogen and oxygen atoms in total. The summed E-state index contributed by atoms with van der Waals surface area (Å²) in [6.45, 7) is 69.7. The predicted molar refractivity (Wildman–Crippen MR) is 337 cm³/mol. The number of imidazole rings is 1. The van der Waals surface area contributed by atoms with Gasteiger partial charge in [-0.1, -0.05) is 215 Å². The molecule has 6 atom stereocenters. The summed E-state index contributed by atoms with van der Waals surface area (Å²) < 4.78 is 28.1. The molecule has 468 valence electrons. The van der Waals surface area contributed by atoms with E-state index in [1.807, 2.05) is 54.1 Å². The number of aryl methyl sites for hydroxylation is 1. The Balaban J connectivity index is 3.28. The molecule has 0 bridgehead atoms. The summed E-state index contributed by atoms with van der Waals surface area (Å²) in [6, 6.07) is 8.43. The number of ether oxygens (including phenoxy) is 4. The largest absolute Gasteiger partial charge is 0.465 e. The average Bonchev–Trinajstić information content (AvgIpc) is 3.82. The van der Waals surface area contributed by atoms with Crippen molar-refractivity contribution >= 4 is 17.9 Å². The van der Waals surface area contributed by atoms with Crippen LogP contribution in [0.25, 0.3) is 0 Å². The molecule has 0 spiro atoms. The minimum absolute atomic E-state index is 0.00909. The fourth-order valence-corrected chi connectivity index (χ4v) is 15.3. The lowest BCUT2D eigenvalue weighted by atomic mass is 9.35. The third kappa shape index (κ3) is 14.2. The van der Waals surface area contributed by atoms with Gasteiger partial charge in [0.1, 0.15) is 12.2 Å². The zero-order valence-electron chi connectivity index (χ0n) is 58.4. The van der Waals surface area contributed by atoms with Crippen molar-refractivity contribution in [1.29, 1.82) is 0 Å². The highest BCUT2D eigenvalue weighted by atomic mass is 16.6. The van der Waals surface area contributed by atoms with E-state index in [-0.39, 0.29) is 48.0 Å². The number of nitrogens with zero attached hydrogens (tertiary/aromatic N) is 2. The van der Waals surface area contributed by atoms with E-state index in [0.29, 0.717) is 19.6 Å². The van der Waals surface area contributed by atoms with Crippen LogP contribution in [0.5, 0.6) is 0 Å². The van der Waals surface area contributed by atoms with Crippen molar-refractivity contribution in [3.8, 4) is 0 Å². The van der Waals surface area contributed by atoms with Crippen molar-refractivity contribution in [2.45, 2.75) is 277 Å². The van der Waals surface area contributed by atoms with Gasteiger partial charge in [0, 0.05) is 24.9 Å². The third-order valence-corrected chi connectivity index (χ3v) is 23.4. The van der Waals surface area contributed by atoms with Gasteiger partial charge in [-0.2, -0.15) is 0 Å². The van der Waals surface area contributed by atoms with Crippen LogP contribution in [0.1, 0.15) is 270 Å². The van der Waals surface area contributed by atoms with Gasteiger partial charge in [0.25, 0.3) is 0 Å². The molecule has 0 saturated heterocycles.